The Hall–Kier alpha value is -4.02. The Bertz CT molecular complexity index is 1310. The molecule has 33 heavy (non-hydrogen) atoms. The number of hydrogen-bond acceptors (Lipinski definition) is 6. The van der Waals surface area contributed by atoms with Crippen LogP contribution in [0.15, 0.2) is 60.8 Å². The summed E-state index contributed by atoms with van der Waals surface area (Å²) in [5, 5.41) is 16.9. The van der Waals surface area contributed by atoms with Gasteiger partial charge < -0.3 is 25.1 Å². The van der Waals surface area contributed by atoms with Crippen molar-refractivity contribution in [1.82, 2.24) is 15.3 Å². The molecule has 5 rings (SSSR count). The summed E-state index contributed by atoms with van der Waals surface area (Å²) >= 11 is 0. The SMILES string of the molecule is COc1ccc2[nH]c(-c3cnc4c(c3)NC[C@@H](CNCCc3ccc(C#N)cc3)O4)cc2c1. The summed E-state index contributed by atoms with van der Waals surface area (Å²) in [4.78, 5) is 8.00. The highest BCUT2D eigenvalue weighted by Gasteiger charge is 2.21. The Morgan fingerprint density at radius 1 is 1.18 bits per heavy atom. The summed E-state index contributed by atoms with van der Waals surface area (Å²) in [5.74, 6) is 1.46. The minimum atomic E-state index is 0.0114. The minimum absolute atomic E-state index is 0.0114. The zero-order valence-corrected chi connectivity index (χ0v) is 18.4. The fourth-order valence-corrected chi connectivity index (χ4v) is 3.99. The first-order chi connectivity index (χ1) is 16.2. The molecule has 2 aromatic heterocycles. The number of hydrogen-bond donors (Lipinski definition) is 3. The molecule has 3 N–H and O–H groups in total. The van der Waals surface area contributed by atoms with Gasteiger partial charge in [0.05, 0.1) is 31.0 Å². The number of H-pyrrole nitrogens is 1. The number of nitriles is 1. The van der Waals surface area contributed by atoms with Crippen LogP contribution in [-0.2, 0) is 6.42 Å². The first kappa shape index (κ1) is 20.9. The molecule has 0 saturated carbocycles. The number of ether oxygens (including phenoxy) is 2. The summed E-state index contributed by atoms with van der Waals surface area (Å²) in [6.45, 7) is 2.29. The molecule has 166 valence electrons. The van der Waals surface area contributed by atoms with Gasteiger partial charge in [-0.15, -0.1) is 0 Å². The molecule has 4 aromatic rings. The lowest BCUT2D eigenvalue weighted by Gasteiger charge is -2.27. The second-order valence-electron chi connectivity index (χ2n) is 8.10. The number of methoxy groups -OCH3 is 1. The van der Waals surface area contributed by atoms with Crippen LogP contribution in [0.3, 0.4) is 0 Å². The van der Waals surface area contributed by atoms with Gasteiger partial charge in [0.25, 0.3) is 0 Å². The summed E-state index contributed by atoms with van der Waals surface area (Å²) in [5.41, 5.74) is 5.85. The standard InChI is InChI=1S/C26H25N5O2/c1-32-21-6-7-23-19(10-21)11-24(31-23)20-12-25-26(30-14-20)33-22(16-29-25)15-28-9-8-17-2-4-18(13-27)5-3-17/h2-7,10-12,14,22,28-29,31H,8-9,15-16H2,1H3/t22-/m1/s1. The highest BCUT2D eigenvalue weighted by Crippen LogP contribution is 2.33. The van der Waals surface area contributed by atoms with Gasteiger partial charge in [0.2, 0.25) is 5.88 Å². The fraction of sp³-hybridized carbons (Fsp3) is 0.231. The maximum Gasteiger partial charge on any atom is 0.237 e. The molecule has 0 amide bonds. The van der Waals surface area contributed by atoms with E-state index in [9.17, 15) is 0 Å². The van der Waals surface area contributed by atoms with Gasteiger partial charge in [-0.3, -0.25) is 0 Å². The van der Waals surface area contributed by atoms with E-state index in [0.29, 0.717) is 18.0 Å². The summed E-state index contributed by atoms with van der Waals surface area (Å²) in [7, 11) is 1.67. The summed E-state index contributed by atoms with van der Waals surface area (Å²) in [6, 6.07) is 20.0. The molecule has 0 aliphatic carbocycles. The van der Waals surface area contributed by atoms with Crippen molar-refractivity contribution >= 4 is 16.6 Å². The Kier molecular flexibility index (Phi) is 5.83. The molecule has 7 heteroatoms. The molecular weight excluding hydrogens is 414 g/mol. The molecule has 0 saturated heterocycles. The van der Waals surface area contributed by atoms with Gasteiger partial charge in [0.15, 0.2) is 0 Å². The quantitative estimate of drug-likeness (QED) is 0.375. The highest BCUT2D eigenvalue weighted by molar-refractivity contribution is 5.87. The van der Waals surface area contributed by atoms with Crippen LogP contribution in [0.1, 0.15) is 11.1 Å². The van der Waals surface area contributed by atoms with Crippen molar-refractivity contribution in [3.8, 4) is 29.0 Å². The number of rotatable bonds is 7. The van der Waals surface area contributed by atoms with Crippen LogP contribution in [0.5, 0.6) is 11.6 Å². The third-order valence-electron chi connectivity index (χ3n) is 5.83. The van der Waals surface area contributed by atoms with Gasteiger partial charge in [-0.25, -0.2) is 4.98 Å². The van der Waals surface area contributed by atoms with Crippen molar-refractivity contribution in [1.29, 1.82) is 5.26 Å². The first-order valence-electron chi connectivity index (χ1n) is 11.0. The van der Waals surface area contributed by atoms with Gasteiger partial charge in [0.1, 0.15) is 11.9 Å². The zero-order valence-electron chi connectivity index (χ0n) is 18.4. The van der Waals surface area contributed by atoms with Gasteiger partial charge in [-0.1, -0.05) is 12.1 Å². The van der Waals surface area contributed by atoms with E-state index in [1.165, 1.54) is 5.56 Å². The predicted octanol–water partition coefficient (Wildman–Crippen LogP) is 4.12. The summed E-state index contributed by atoms with van der Waals surface area (Å²) in [6.07, 6.45) is 2.75. The smallest absolute Gasteiger partial charge is 0.237 e. The van der Waals surface area contributed by atoms with Crippen LogP contribution in [0.4, 0.5) is 5.69 Å². The van der Waals surface area contributed by atoms with Crippen LogP contribution in [0.2, 0.25) is 0 Å². The van der Waals surface area contributed by atoms with Crippen LogP contribution in [0.25, 0.3) is 22.2 Å². The average molecular weight is 440 g/mol. The number of aromatic amines is 1. The number of fused-ring (bicyclic) bond motifs is 2. The average Bonchev–Trinajstić information content (AvgIpc) is 3.30. The van der Waals surface area contributed by atoms with Crippen molar-refractivity contribution in [3.05, 3.63) is 71.9 Å². The number of nitrogens with zero attached hydrogens (tertiary/aromatic N) is 2. The third-order valence-corrected chi connectivity index (χ3v) is 5.83. The van der Waals surface area contributed by atoms with E-state index in [2.05, 4.69) is 38.8 Å². The molecule has 1 aliphatic heterocycles. The lowest BCUT2D eigenvalue weighted by Crippen LogP contribution is -2.40. The van der Waals surface area contributed by atoms with Crippen molar-refractivity contribution < 1.29 is 9.47 Å². The van der Waals surface area contributed by atoms with Crippen molar-refractivity contribution in [2.75, 3.05) is 32.1 Å². The number of anilines is 1. The topological polar surface area (TPSA) is 95.0 Å². The molecule has 0 spiro atoms. The zero-order chi connectivity index (χ0) is 22.6. The number of nitrogens with one attached hydrogen (secondary N) is 3. The number of aromatic nitrogens is 2. The Morgan fingerprint density at radius 2 is 2.06 bits per heavy atom. The van der Waals surface area contributed by atoms with E-state index < -0.39 is 0 Å². The molecule has 7 nitrogen and oxygen atoms in total. The molecule has 1 atom stereocenters. The van der Waals surface area contributed by atoms with E-state index >= 15 is 0 Å². The van der Waals surface area contributed by atoms with E-state index in [1.54, 1.807) is 7.11 Å². The minimum Gasteiger partial charge on any atom is -0.497 e. The molecule has 0 radical (unpaired) electrons. The van der Waals surface area contributed by atoms with E-state index in [0.717, 1.165) is 53.1 Å². The monoisotopic (exact) mass is 439 g/mol. The maximum atomic E-state index is 8.88. The number of pyridine rings is 1. The molecular formula is C26H25N5O2. The normalized spacial score (nSPS) is 14.7. The highest BCUT2D eigenvalue weighted by atomic mass is 16.5. The number of benzene rings is 2. The molecule has 0 unspecified atom stereocenters. The van der Waals surface area contributed by atoms with Crippen LogP contribution in [-0.4, -0.2) is 42.8 Å². The Balaban J connectivity index is 1.18. The molecule has 0 fully saturated rings. The van der Waals surface area contributed by atoms with E-state index in [1.807, 2.05) is 48.7 Å². The third kappa shape index (κ3) is 4.61. The molecule has 3 heterocycles. The molecule has 2 aromatic carbocycles. The fourth-order valence-electron chi connectivity index (χ4n) is 3.99. The maximum absolute atomic E-state index is 8.88. The van der Waals surface area contributed by atoms with Crippen LogP contribution < -0.4 is 20.1 Å². The summed E-state index contributed by atoms with van der Waals surface area (Å²) < 4.78 is 11.4. The van der Waals surface area contributed by atoms with Gasteiger partial charge >= 0.3 is 0 Å². The van der Waals surface area contributed by atoms with Crippen molar-refractivity contribution in [3.63, 3.8) is 0 Å². The van der Waals surface area contributed by atoms with Crippen molar-refractivity contribution in [2.24, 2.45) is 0 Å². The van der Waals surface area contributed by atoms with Gasteiger partial charge in [0, 0.05) is 34.9 Å². The second kappa shape index (κ2) is 9.23. The van der Waals surface area contributed by atoms with Gasteiger partial charge in [-0.05, 0) is 61.0 Å². The van der Waals surface area contributed by atoms with Gasteiger partial charge in [-0.2, -0.15) is 5.26 Å². The van der Waals surface area contributed by atoms with E-state index in [4.69, 9.17) is 14.7 Å². The largest absolute Gasteiger partial charge is 0.497 e. The Labute approximate surface area is 192 Å². The lowest BCUT2D eigenvalue weighted by atomic mass is 10.1. The molecule has 0 bridgehead atoms. The lowest BCUT2D eigenvalue weighted by molar-refractivity contribution is 0.194. The van der Waals surface area contributed by atoms with E-state index in [-0.39, 0.29) is 6.10 Å². The van der Waals surface area contributed by atoms with Crippen molar-refractivity contribution in [2.45, 2.75) is 12.5 Å². The van der Waals surface area contributed by atoms with Crippen LogP contribution in [0, 0.1) is 11.3 Å². The van der Waals surface area contributed by atoms with Crippen LogP contribution >= 0.6 is 0 Å². The first-order valence-corrected chi connectivity index (χ1v) is 11.0. The Morgan fingerprint density at radius 3 is 2.88 bits per heavy atom. The molecule has 1 aliphatic rings. The second-order valence-corrected chi connectivity index (χ2v) is 8.10. The predicted molar refractivity (Wildman–Crippen MR) is 129 cm³/mol.